The van der Waals surface area contributed by atoms with E-state index in [4.69, 9.17) is 20.4 Å². The van der Waals surface area contributed by atoms with Crippen LogP contribution in [0.25, 0.3) is 11.1 Å². The van der Waals surface area contributed by atoms with E-state index >= 15 is 0 Å². The normalized spacial score (nSPS) is 16.9. The SMILES string of the molecule is COC(=O)c1ccc(-c2cccc(C3(c4ccccc4)N=C(N)N(C)C3=O)c2)cc1.O=C(O)C(F)(F)F. The highest BCUT2D eigenvalue weighted by molar-refractivity contribution is 6.09. The first kappa shape index (κ1) is 26.9. The lowest BCUT2D eigenvalue weighted by Crippen LogP contribution is -2.41. The molecule has 1 aliphatic rings. The monoisotopic (exact) mass is 513 g/mol. The molecule has 8 nitrogen and oxygen atoms in total. The molecule has 11 heteroatoms. The lowest BCUT2D eigenvalue weighted by molar-refractivity contribution is -0.192. The van der Waals surface area contributed by atoms with Crippen LogP contribution in [0.5, 0.6) is 0 Å². The maximum atomic E-state index is 13.3. The molecule has 0 aliphatic carbocycles. The topological polar surface area (TPSA) is 122 Å². The van der Waals surface area contributed by atoms with Crippen LogP contribution in [0.15, 0.2) is 83.9 Å². The van der Waals surface area contributed by atoms with Gasteiger partial charge in [-0.3, -0.25) is 9.69 Å². The smallest absolute Gasteiger partial charge is 0.475 e. The molecule has 37 heavy (non-hydrogen) atoms. The lowest BCUT2D eigenvalue weighted by Gasteiger charge is -2.26. The molecule has 0 aromatic heterocycles. The van der Waals surface area contributed by atoms with Gasteiger partial charge in [-0.2, -0.15) is 13.2 Å². The summed E-state index contributed by atoms with van der Waals surface area (Å²) in [5.41, 5.74) is 8.56. The number of amides is 1. The number of carboxylic acids is 1. The van der Waals surface area contributed by atoms with E-state index in [0.717, 1.165) is 22.3 Å². The zero-order valence-electron chi connectivity index (χ0n) is 19.7. The summed E-state index contributed by atoms with van der Waals surface area (Å²) in [5.74, 6) is -3.17. The van der Waals surface area contributed by atoms with E-state index in [1.807, 2.05) is 66.7 Å². The number of hydrogen-bond acceptors (Lipinski definition) is 6. The average Bonchev–Trinajstić information content (AvgIpc) is 3.13. The molecule has 3 aromatic rings. The van der Waals surface area contributed by atoms with E-state index in [1.54, 1.807) is 19.2 Å². The molecule has 1 unspecified atom stereocenters. The molecule has 1 heterocycles. The highest BCUT2D eigenvalue weighted by atomic mass is 19.4. The van der Waals surface area contributed by atoms with Crippen LogP contribution in [0.4, 0.5) is 13.2 Å². The van der Waals surface area contributed by atoms with Gasteiger partial charge in [0.15, 0.2) is 11.5 Å². The summed E-state index contributed by atoms with van der Waals surface area (Å²) in [6, 6.07) is 24.2. The Labute approximate surface area is 209 Å². The summed E-state index contributed by atoms with van der Waals surface area (Å²) in [4.78, 5) is 39.9. The molecule has 0 spiro atoms. The number of methoxy groups -OCH3 is 1. The molecule has 4 rings (SSSR count). The molecule has 0 fully saturated rings. The van der Waals surface area contributed by atoms with Crippen molar-refractivity contribution in [2.24, 2.45) is 10.7 Å². The summed E-state index contributed by atoms with van der Waals surface area (Å²) in [5, 5.41) is 7.12. The van der Waals surface area contributed by atoms with E-state index in [0.29, 0.717) is 5.56 Å². The molecule has 1 aliphatic heterocycles. The van der Waals surface area contributed by atoms with Crippen molar-refractivity contribution in [3.8, 4) is 11.1 Å². The Morgan fingerprint density at radius 2 is 1.51 bits per heavy atom. The van der Waals surface area contributed by atoms with Gasteiger partial charge in [-0.05, 0) is 40.5 Å². The van der Waals surface area contributed by atoms with Crippen molar-refractivity contribution in [2.45, 2.75) is 11.7 Å². The number of carbonyl (C=O) groups is 3. The van der Waals surface area contributed by atoms with E-state index in [2.05, 4.69) is 4.99 Å². The number of nitrogens with two attached hydrogens (primary N) is 1. The number of halogens is 3. The van der Waals surface area contributed by atoms with Gasteiger partial charge in [0, 0.05) is 7.05 Å². The number of alkyl halides is 3. The molecule has 3 aromatic carbocycles. The molecule has 1 amide bonds. The quantitative estimate of drug-likeness (QED) is 0.512. The van der Waals surface area contributed by atoms with Crippen LogP contribution in [0.2, 0.25) is 0 Å². The van der Waals surface area contributed by atoms with Crippen LogP contribution in [0, 0.1) is 0 Å². The molecule has 0 radical (unpaired) electrons. The molecule has 0 bridgehead atoms. The Hall–Kier alpha value is -4.67. The number of carbonyl (C=O) groups excluding carboxylic acids is 2. The Morgan fingerprint density at radius 1 is 0.946 bits per heavy atom. The number of likely N-dealkylation sites (N-methyl/N-ethyl adjacent to an activating group) is 1. The van der Waals surface area contributed by atoms with Crippen molar-refractivity contribution in [2.75, 3.05) is 14.2 Å². The van der Waals surface area contributed by atoms with Gasteiger partial charge in [0.25, 0.3) is 5.91 Å². The number of benzene rings is 3. The molecule has 1 atom stereocenters. The molecular formula is C26H22F3N3O5. The number of nitrogens with zero attached hydrogens (tertiary/aromatic N) is 2. The molecule has 0 saturated carbocycles. The molecular weight excluding hydrogens is 491 g/mol. The van der Waals surface area contributed by atoms with Crippen LogP contribution >= 0.6 is 0 Å². The van der Waals surface area contributed by atoms with Crippen LogP contribution in [0.1, 0.15) is 21.5 Å². The minimum Gasteiger partial charge on any atom is -0.475 e. The van der Waals surface area contributed by atoms with Gasteiger partial charge in [-0.15, -0.1) is 0 Å². The standard InChI is InChI=1S/C24H21N3O3.C2HF3O2/c1-27-22(29)24(26-23(27)25,19-8-4-3-5-9-19)20-10-6-7-18(15-20)16-11-13-17(14-12-16)21(28)30-2;3-2(4,5)1(6)7/h3-15H,1-2H3,(H2,25,26);(H,6,7). The number of aliphatic carboxylic acids is 1. The second-order valence-electron chi connectivity index (χ2n) is 7.86. The summed E-state index contributed by atoms with van der Waals surface area (Å²) < 4.78 is 36.5. The molecule has 192 valence electrons. The first-order chi connectivity index (χ1) is 17.4. The van der Waals surface area contributed by atoms with Gasteiger partial charge in [0.2, 0.25) is 0 Å². The predicted octanol–water partition coefficient (Wildman–Crippen LogP) is 3.80. The number of esters is 1. The van der Waals surface area contributed by atoms with Crippen molar-refractivity contribution in [1.29, 1.82) is 0 Å². The van der Waals surface area contributed by atoms with Crippen LogP contribution in [-0.2, 0) is 19.9 Å². The zero-order valence-corrected chi connectivity index (χ0v) is 19.7. The van der Waals surface area contributed by atoms with Gasteiger partial charge in [-0.1, -0.05) is 60.7 Å². The fourth-order valence-electron chi connectivity index (χ4n) is 3.70. The third kappa shape index (κ3) is 5.45. The largest absolute Gasteiger partial charge is 0.490 e. The predicted molar refractivity (Wildman–Crippen MR) is 129 cm³/mol. The second-order valence-corrected chi connectivity index (χ2v) is 7.86. The van der Waals surface area contributed by atoms with Crippen molar-refractivity contribution >= 4 is 23.8 Å². The van der Waals surface area contributed by atoms with Crippen molar-refractivity contribution in [3.63, 3.8) is 0 Å². The van der Waals surface area contributed by atoms with Gasteiger partial charge in [-0.25, -0.2) is 14.6 Å². The third-order valence-electron chi connectivity index (χ3n) is 5.59. The number of aliphatic imine (C=N–C) groups is 1. The Balaban J connectivity index is 0.000000479. The van der Waals surface area contributed by atoms with E-state index < -0.39 is 17.7 Å². The highest BCUT2D eigenvalue weighted by Crippen LogP contribution is 2.40. The second kappa shape index (κ2) is 10.5. The summed E-state index contributed by atoms with van der Waals surface area (Å²) in [7, 11) is 2.98. The Bertz CT molecular complexity index is 1340. The minimum atomic E-state index is -5.08. The Kier molecular flexibility index (Phi) is 7.66. The van der Waals surface area contributed by atoms with Crippen LogP contribution in [-0.4, -0.2) is 54.1 Å². The fourth-order valence-corrected chi connectivity index (χ4v) is 3.70. The van der Waals surface area contributed by atoms with Crippen molar-refractivity contribution in [1.82, 2.24) is 4.90 Å². The van der Waals surface area contributed by atoms with Gasteiger partial charge in [0.05, 0.1) is 12.7 Å². The highest BCUT2D eigenvalue weighted by Gasteiger charge is 2.49. The zero-order chi connectivity index (χ0) is 27.4. The summed E-state index contributed by atoms with van der Waals surface area (Å²) in [6.45, 7) is 0. The summed E-state index contributed by atoms with van der Waals surface area (Å²) >= 11 is 0. The Morgan fingerprint density at radius 3 is 2.00 bits per heavy atom. The molecule has 3 N–H and O–H groups in total. The average molecular weight is 513 g/mol. The minimum absolute atomic E-state index is 0.177. The lowest BCUT2D eigenvalue weighted by atomic mass is 9.82. The van der Waals surface area contributed by atoms with Crippen molar-refractivity contribution < 1.29 is 37.4 Å². The number of hydrogen-bond donors (Lipinski definition) is 2. The number of carboxylic acid groups (broad SMARTS) is 1. The number of ether oxygens (including phenoxy) is 1. The van der Waals surface area contributed by atoms with Crippen LogP contribution in [0.3, 0.4) is 0 Å². The molecule has 0 saturated heterocycles. The van der Waals surface area contributed by atoms with Gasteiger partial charge < -0.3 is 15.6 Å². The third-order valence-corrected chi connectivity index (χ3v) is 5.59. The maximum absolute atomic E-state index is 13.3. The maximum Gasteiger partial charge on any atom is 0.490 e. The first-order valence-corrected chi connectivity index (χ1v) is 10.7. The van der Waals surface area contributed by atoms with Crippen molar-refractivity contribution in [3.05, 3.63) is 95.6 Å². The summed E-state index contributed by atoms with van der Waals surface area (Å²) in [6.07, 6.45) is -5.08. The van der Waals surface area contributed by atoms with E-state index in [-0.39, 0.29) is 17.8 Å². The van der Waals surface area contributed by atoms with Crippen LogP contribution < -0.4 is 5.73 Å². The number of guanidine groups is 1. The van der Waals surface area contributed by atoms with E-state index in [9.17, 15) is 22.8 Å². The fraction of sp³-hybridized carbons (Fsp3) is 0.154. The number of rotatable bonds is 4. The van der Waals surface area contributed by atoms with Gasteiger partial charge >= 0.3 is 18.1 Å². The van der Waals surface area contributed by atoms with Gasteiger partial charge in [0.1, 0.15) is 0 Å². The first-order valence-electron chi connectivity index (χ1n) is 10.7. The van der Waals surface area contributed by atoms with E-state index in [1.165, 1.54) is 12.0 Å².